The summed E-state index contributed by atoms with van der Waals surface area (Å²) >= 11 is 0. The zero-order valence-corrected chi connectivity index (χ0v) is 39.8. The summed E-state index contributed by atoms with van der Waals surface area (Å²) in [7, 11) is -3.54. The lowest BCUT2D eigenvalue weighted by molar-refractivity contribution is 0.205. The maximum absolute atomic E-state index is 15.1. The van der Waals surface area contributed by atoms with Gasteiger partial charge in [0, 0.05) is 0 Å². The van der Waals surface area contributed by atoms with Crippen molar-refractivity contribution in [1.29, 1.82) is 0 Å². The Morgan fingerprint density at radius 2 is 0.618 bits per heavy atom. The standard InChI is InChI=1S/C51H97O3P/c1-10-12-14-16-18-20-22-24-26-28-30-32-34-36-38-40-42-53-55(52,49-47(50(4,5)6)44-46(3)45-48(49)51(7,8)9)54-43-41-39-37-35-33-31-29-27-25-23-21-19-17-15-13-11-2/h44-45H,10-43H2,1-9H3. The van der Waals surface area contributed by atoms with Crippen molar-refractivity contribution in [2.24, 2.45) is 0 Å². The smallest absolute Gasteiger partial charge is 0.305 e. The van der Waals surface area contributed by atoms with Gasteiger partial charge in [0.1, 0.15) is 0 Å². The second kappa shape index (κ2) is 32.2. The number of unbranched alkanes of at least 4 members (excludes halogenated alkanes) is 30. The number of rotatable bonds is 37. The van der Waals surface area contributed by atoms with Crippen LogP contribution in [0, 0.1) is 6.92 Å². The van der Waals surface area contributed by atoms with Crippen molar-refractivity contribution in [3.05, 3.63) is 28.8 Å². The lowest BCUT2D eigenvalue weighted by Crippen LogP contribution is -2.32. The molecule has 3 nitrogen and oxygen atoms in total. The van der Waals surface area contributed by atoms with Crippen molar-refractivity contribution in [2.45, 2.75) is 279 Å². The molecule has 0 heterocycles. The summed E-state index contributed by atoms with van der Waals surface area (Å²) in [4.78, 5) is 0. The van der Waals surface area contributed by atoms with Crippen LogP contribution in [0.3, 0.4) is 0 Å². The average Bonchev–Trinajstić information content (AvgIpc) is 3.13. The van der Waals surface area contributed by atoms with Crippen LogP contribution in [-0.2, 0) is 24.4 Å². The summed E-state index contributed by atoms with van der Waals surface area (Å²) in [6.07, 6.45) is 42.9. The molecule has 324 valence electrons. The number of hydrogen-bond acceptors (Lipinski definition) is 3. The van der Waals surface area contributed by atoms with Crippen molar-refractivity contribution in [2.75, 3.05) is 13.2 Å². The molecule has 0 atom stereocenters. The third-order valence-corrected chi connectivity index (χ3v) is 13.7. The van der Waals surface area contributed by atoms with E-state index in [1.165, 1.54) is 185 Å². The van der Waals surface area contributed by atoms with Crippen LogP contribution < -0.4 is 5.30 Å². The van der Waals surface area contributed by atoms with Crippen molar-refractivity contribution in [3.8, 4) is 0 Å². The van der Waals surface area contributed by atoms with Gasteiger partial charge in [0.2, 0.25) is 0 Å². The monoisotopic (exact) mass is 789 g/mol. The van der Waals surface area contributed by atoms with Crippen LogP contribution in [0.1, 0.15) is 278 Å². The normalized spacial score (nSPS) is 12.6. The summed E-state index contributed by atoms with van der Waals surface area (Å²) in [5, 5.41) is 0.839. The molecule has 0 aliphatic heterocycles. The van der Waals surface area contributed by atoms with Crippen LogP contribution in [0.5, 0.6) is 0 Å². The molecule has 0 unspecified atom stereocenters. The molecule has 0 aliphatic rings. The van der Waals surface area contributed by atoms with E-state index in [-0.39, 0.29) is 10.8 Å². The zero-order chi connectivity index (χ0) is 40.7. The van der Waals surface area contributed by atoms with Crippen molar-refractivity contribution >= 4 is 12.9 Å². The minimum atomic E-state index is -3.54. The Morgan fingerprint density at radius 3 is 0.836 bits per heavy atom. The zero-order valence-electron chi connectivity index (χ0n) is 38.9. The van der Waals surface area contributed by atoms with Gasteiger partial charge in [0.15, 0.2) is 0 Å². The van der Waals surface area contributed by atoms with Gasteiger partial charge < -0.3 is 9.05 Å². The summed E-state index contributed by atoms with van der Waals surface area (Å²) in [5.74, 6) is 0. The molecule has 1 aromatic carbocycles. The molecule has 1 rings (SSSR count). The number of aryl methyl sites for hydroxylation is 1. The van der Waals surface area contributed by atoms with Gasteiger partial charge in [-0.15, -0.1) is 0 Å². The highest BCUT2D eigenvalue weighted by Gasteiger charge is 2.39. The fourth-order valence-corrected chi connectivity index (χ4v) is 10.5. The van der Waals surface area contributed by atoms with E-state index in [2.05, 4.69) is 74.4 Å². The molecule has 0 aromatic heterocycles. The van der Waals surface area contributed by atoms with Gasteiger partial charge in [0.05, 0.1) is 18.5 Å². The Bertz CT molecular complexity index is 1000. The fourth-order valence-electron chi connectivity index (χ4n) is 8.05. The third kappa shape index (κ3) is 26.2. The van der Waals surface area contributed by atoms with Crippen LogP contribution >= 0.6 is 7.60 Å². The quantitative estimate of drug-likeness (QED) is 0.0498. The minimum absolute atomic E-state index is 0.174. The van der Waals surface area contributed by atoms with Crippen molar-refractivity contribution < 1.29 is 13.6 Å². The molecule has 0 spiro atoms. The first-order valence-corrected chi connectivity index (χ1v) is 26.0. The van der Waals surface area contributed by atoms with E-state index in [1.807, 2.05) is 0 Å². The van der Waals surface area contributed by atoms with Gasteiger partial charge >= 0.3 is 7.60 Å². The Hall–Kier alpha value is -0.630. The fraction of sp³-hybridized carbons (Fsp3) is 0.882. The van der Waals surface area contributed by atoms with E-state index in [9.17, 15) is 0 Å². The lowest BCUT2D eigenvalue weighted by atomic mass is 9.79. The Labute approximate surface area is 346 Å². The van der Waals surface area contributed by atoms with Gasteiger partial charge in [-0.25, -0.2) is 0 Å². The highest BCUT2D eigenvalue weighted by molar-refractivity contribution is 7.62. The molecule has 0 N–H and O–H groups in total. The predicted molar refractivity (Wildman–Crippen MR) is 247 cm³/mol. The third-order valence-electron chi connectivity index (χ3n) is 11.7. The number of benzene rings is 1. The summed E-state index contributed by atoms with van der Waals surface area (Å²) in [5.41, 5.74) is 3.08. The molecule has 55 heavy (non-hydrogen) atoms. The van der Waals surface area contributed by atoms with Crippen LogP contribution in [0.15, 0.2) is 12.1 Å². The average molecular weight is 789 g/mol. The highest BCUT2D eigenvalue weighted by Crippen LogP contribution is 2.52. The van der Waals surface area contributed by atoms with Gasteiger partial charge in [-0.05, 0) is 41.7 Å². The van der Waals surface area contributed by atoms with Crippen LogP contribution in [0.2, 0.25) is 0 Å². The van der Waals surface area contributed by atoms with E-state index in [0.29, 0.717) is 13.2 Å². The van der Waals surface area contributed by atoms with Gasteiger partial charge in [0.25, 0.3) is 0 Å². The first-order valence-electron chi connectivity index (χ1n) is 24.4. The summed E-state index contributed by atoms with van der Waals surface area (Å²) < 4.78 is 28.2. The van der Waals surface area contributed by atoms with Crippen LogP contribution in [0.25, 0.3) is 0 Å². The molecular weight excluding hydrogens is 692 g/mol. The Balaban J connectivity index is 2.55. The topological polar surface area (TPSA) is 35.5 Å². The molecule has 0 fully saturated rings. The van der Waals surface area contributed by atoms with Crippen LogP contribution in [0.4, 0.5) is 0 Å². The molecule has 1 aromatic rings. The van der Waals surface area contributed by atoms with Gasteiger partial charge in [-0.1, -0.05) is 266 Å². The van der Waals surface area contributed by atoms with E-state index in [1.54, 1.807) is 0 Å². The molecule has 0 saturated carbocycles. The van der Waals surface area contributed by atoms with E-state index < -0.39 is 7.60 Å². The lowest BCUT2D eigenvalue weighted by Gasteiger charge is -2.33. The SMILES string of the molecule is CCCCCCCCCCCCCCCCCCOP(=O)(OCCCCCCCCCCCCCCCCCC)c1c(C(C)(C)C)cc(C)cc1C(C)(C)C. The van der Waals surface area contributed by atoms with Gasteiger partial charge in [-0.3, -0.25) is 4.57 Å². The maximum Gasteiger partial charge on any atom is 0.361 e. The molecule has 0 amide bonds. The summed E-state index contributed by atoms with van der Waals surface area (Å²) in [6, 6.07) is 4.46. The Morgan fingerprint density at radius 1 is 0.400 bits per heavy atom. The summed E-state index contributed by atoms with van der Waals surface area (Å²) in [6.45, 7) is 21.1. The van der Waals surface area contributed by atoms with Crippen molar-refractivity contribution in [1.82, 2.24) is 0 Å². The molecule has 4 heteroatoms. The second-order valence-electron chi connectivity index (χ2n) is 19.5. The minimum Gasteiger partial charge on any atom is -0.305 e. The Kier molecular flexibility index (Phi) is 30.7. The predicted octanol–water partition coefficient (Wildman–Crippen LogP) is 18.0. The van der Waals surface area contributed by atoms with E-state index in [0.717, 1.165) is 42.1 Å². The maximum atomic E-state index is 15.1. The molecule has 0 saturated heterocycles. The first kappa shape index (κ1) is 52.4. The second-order valence-corrected chi connectivity index (χ2v) is 21.4. The highest BCUT2D eigenvalue weighted by atomic mass is 31.2. The largest absolute Gasteiger partial charge is 0.361 e. The molecule has 0 radical (unpaired) electrons. The molecule has 0 bridgehead atoms. The van der Waals surface area contributed by atoms with Gasteiger partial charge in [-0.2, -0.15) is 0 Å². The number of hydrogen-bond donors (Lipinski definition) is 0. The molecular formula is C51H97O3P. The van der Waals surface area contributed by atoms with E-state index >= 15 is 4.57 Å². The first-order chi connectivity index (χ1) is 26.4. The van der Waals surface area contributed by atoms with E-state index in [4.69, 9.17) is 9.05 Å². The molecule has 0 aliphatic carbocycles. The van der Waals surface area contributed by atoms with Crippen molar-refractivity contribution in [3.63, 3.8) is 0 Å². The van der Waals surface area contributed by atoms with Crippen LogP contribution in [-0.4, -0.2) is 13.2 Å².